The molecule has 0 heterocycles. The van der Waals surface area contributed by atoms with Gasteiger partial charge in [0.05, 0.1) is 0 Å². The molecule has 0 aliphatic heterocycles. The van der Waals surface area contributed by atoms with Gasteiger partial charge < -0.3 is 11.1 Å². The van der Waals surface area contributed by atoms with Crippen LogP contribution in [0.25, 0.3) is 0 Å². The van der Waals surface area contributed by atoms with E-state index >= 15 is 0 Å². The summed E-state index contributed by atoms with van der Waals surface area (Å²) >= 11 is 0. The second kappa shape index (κ2) is 5.37. The lowest BCUT2D eigenvalue weighted by Gasteiger charge is -2.12. The fourth-order valence-corrected chi connectivity index (χ4v) is 2.26. The monoisotopic (exact) mass is 268 g/mol. The van der Waals surface area contributed by atoms with E-state index in [9.17, 15) is 4.79 Å². The van der Waals surface area contributed by atoms with E-state index in [-0.39, 0.29) is 5.91 Å². The van der Waals surface area contributed by atoms with Crippen LogP contribution in [0.5, 0.6) is 0 Å². The highest BCUT2D eigenvalue weighted by molar-refractivity contribution is 6.06. The van der Waals surface area contributed by atoms with Gasteiger partial charge in [-0.1, -0.05) is 23.8 Å². The summed E-state index contributed by atoms with van der Waals surface area (Å²) in [4.78, 5) is 12.4. The van der Waals surface area contributed by atoms with Crippen molar-refractivity contribution in [2.24, 2.45) is 0 Å². The van der Waals surface area contributed by atoms with E-state index in [4.69, 9.17) is 5.73 Å². The molecule has 3 N–H and O–H groups in total. The maximum absolute atomic E-state index is 12.4. The lowest BCUT2D eigenvalue weighted by Crippen LogP contribution is -2.15. The van der Waals surface area contributed by atoms with Crippen LogP contribution in [-0.4, -0.2) is 5.91 Å². The summed E-state index contributed by atoms with van der Waals surface area (Å²) in [6.45, 7) is 7.87. The number of rotatable bonds is 2. The third-order valence-corrected chi connectivity index (χ3v) is 3.49. The number of hydrogen-bond donors (Lipinski definition) is 2. The molecule has 0 saturated heterocycles. The first kappa shape index (κ1) is 14.1. The largest absolute Gasteiger partial charge is 0.398 e. The van der Waals surface area contributed by atoms with Gasteiger partial charge in [0.2, 0.25) is 0 Å². The van der Waals surface area contributed by atoms with E-state index in [0.29, 0.717) is 11.3 Å². The zero-order valence-corrected chi connectivity index (χ0v) is 12.4. The zero-order valence-electron chi connectivity index (χ0n) is 12.4. The molecule has 3 heteroatoms. The molecule has 0 saturated carbocycles. The first-order valence-corrected chi connectivity index (χ1v) is 6.64. The molecular formula is C17H20N2O. The fraction of sp³-hybridized carbons (Fsp3) is 0.235. The van der Waals surface area contributed by atoms with Crippen molar-refractivity contribution in [1.82, 2.24) is 0 Å². The quantitative estimate of drug-likeness (QED) is 0.815. The predicted octanol–water partition coefficient (Wildman–Crippen LogP) is 3.75. The Morgan fingerprint density at radius 3 is 2.30 bits per heavy atom. The molecule has 20 heavy (non-hydrogen) atoms. The van der Waals surface area contributed by atoms with Gasteiger partial charge in [0.15, 0.2) is 0 Å². The Bertz CT molecular complexity index is 675. The van der Waals surface area contributed by atoms with E-state index in [1.54, 1.807) is 6.07 Å². The molecule has 2 rings (SSSR count). The van der Waals surface area contributed by atoms with Crippen LogP contribution in [0.4, 0.5) is 11.4 Å². The molecule has 0 aromatic heterocycles. The van der Waals surface area contributed by atoms with Gasteiger partial charge in [0, 0.05) is 16.9 Å². The molecule has 0 bridgehead atoms. The number of hydrogen-bond acceptors (Lipinski definition) is 2. The Kier molecular flexibility index (Phi) is 3.79. The summed E-state index contributed by atoms with van der Waals surface area (Å²) in [5, 5.41) is 2.95. The van der Waals surface area contributed by atoms with Gasteiger partial charge in [-0.15, -0.1) is 0 Å². The van der Waals surface area contributed by atoms with Crippen molar-refractivity contribution in [1.29, 1.82) is 0 Å². The summed E-state index contributed by atoms with van der Waals surface area (Å²) in [5.74, 6) is -0.124. The molecule has 0 radical (unpaired) electrons. The van der Waals surface area contributed by atoms with E-state index < -0.39 is 0 Å². The molecule has 0 fully saturated rings. The summed E-state index contributed by atoms with van der Waals surface area (Å²) in [6.07, 6.45) is 0. The van der Waals surface area contributed by atoms with Crippen molar-refractivity contribution in [3.63, 3.8) is 0 Å². The second-order valence-electron chi connectivity index (χ2n) is 5.30. The fourth-order valence-electron chi connectivity index (χ4n) is 2.26. The lowest BCUT2D eigenvalue weighted by molar-refractivity contribution is 0.102. The second-order valence-corrected chi connectivity index (χ2v) is 5.30. The van der Waals surface area contributed by atoms with E-state index in [0.717, 1.165) is 22.4 Å². The molecular weight excluding hydrogens is 248 g/mol. The first-order chi connectivity index (χ1) is 9.38. The van der Waals surface area contributed by atoms with E-state index in [1.807, 2.05) is 52.0 Å². The number of carbonyl (C=O) groups is 1. The SMILES string of the molecule is Cc1ccc(NC(=O)c2cc(N)c(C)cc2C)c(C)c1. The molecule has 104 valence electrons. The van der Waals surface area contributed by atoms with Gasteiger partial charge in [-0.25, -0.2) is 0 Å². The normalized spacial score (nSPS) is 10.4. The summed E-state index contributed by atoms with van der Waals surface area (Å²) in [6, 6.07) is 9.64. The van der Waals surface area contributed by atoms with Crippen LogP contribution >= 0.6 is 0 Å². The number of nitrogen functional groups attached to an aromatic ring is 1. The average Bonchev–Trinajstić information content (AvgIpc) is 2.37. The molecule has 2 aromatic carbocycles. The van der Waals surface area contributed by atoms with E-state index in [1.165, 1.54) is 5.56 Å². The highest BCUT2D eigenvalue weighted by Crippen LogP contribution is 2.21. The van der Waals surface area contributed by atoms with Crippen LogP contribution < -0.4 is 11.1 Å². The Balaban J connectivity index is 2.31. The van der Waals surface area contributed by atoms with Crippen LogP contribution in [0, 0.1) is 27.7 Å². The van der Waals surface area contributed by atoms with Crippen molar-refractivity contribution in [2.45, 2.75) is 27.7 Å². The van der Waals surface area contributed by atoms with Gasteiger partial charge in [-0.05, 0) is 56.5 Å². The zero-order chi connectivity index (χ0) is 14.9. The number of amides is 1. The minimum atomic E-state index is -0.124. The number of aryl methyl sites for hydroxylation is 4. The van der Waals surface area contributed by atoms with Crippen LogP contribution in [-0.2, 0) is 0 Å². The molecule has 3 nitrogen and oxygen atoms in total. The van der Waals surface area contributed by atoms with E-state index in [2.05, 4.69) is 5.32 Å². The minimum Gasteiger partial charge on any atom is -0.398 e. The summed E-state index contributed by atoms with van der Waals surface area (Å²) in [5.41, 5.74) is 12.1. The van der Waals surface area contributed by atoms with Crippen LogP contribution in [0.1, 0.15) is 32.6 Å². The molecule has 0 aliphatic rings. The summed E-state index contributed by atoms with van der Waals surface area (Å²) in [7, 11) is 0. The molecule has 2 aromatic rings. The minimum absolute atomic E-state index is 0.124. The van der Waals surface area contributed by atoms with Crippen LogP contribution in [0.2, 0.25) is 0 Å². The van der Waals surface area contributed by atoms with Crippen LogP contribution in [0.3, 0.4) is 0 Å². The van der Waals surface area contributed by atoms with Gasteiger partial charge in [-0.3, -0.25) is 4.79 Å². The standard InChI is InChI=1S/C17H20N2O/c1-10-5-6-16(13(4)7-10)19-17(20)14-9-15(18)12(3)8-11(14)2/h5-9H,18H2,1-4H3,(H,19,20). The number of nitrogens with two attached hydrogens (primary N) is 1. The van der Waals surface area contributed by atoms with Gasteiger partial charge in [0.1, 0.15) is 0 Å². The maximum Gasteiger partial charge on any atom is 0.256 e. The number of benzene rings is 2. The highest BCUT2D eigenvalue weighted by Gasteiger charge is 2.12. The average molecular weight is 268 g/mol. The lowest BCUT2D eigenvalue weighted by atomic mass is 10.0. The third-order valence-electron chi connectivity index (χ3n) is 3.49. The van der Waals surface area contributed by atoms with Crippen molar-refractivity contribution in [3.8, 4) is 0 Å². The number of carbonyl (C=O) groups excluding carboxylic acids is 1. The molecule has 0 aliphatic carbocycles. The van der Waals surface area contributed by atoms with Gasteiger partial charge >= 0.3 is 0 Å². The van der Waals surface area contributed by atoms with Crippen molar-refractivity contribution in [3.05, 3.63) is 58.1 Å². The first-order valence-electron chi connectivity index (χ1n) is 6.64. The Labute approximate surface area is 119 Å². The smallest absolute Gasteiger partial charge is 0.256 e. The number of nitrogens with one attached hydrogen (secondary N) is 1. The predicted molar refractivity (Wildman–Crippen MR) is 84.2 cm³/mol. The highest BCUT2D eigenvalue weighted by atomic mass is 16.1. The Hall–Kier alpha value is -2.29. The maximum atomic E-state index is 12.4. The van der Waals surface area contributed by atoms with Crippen molar-refractivity contribution in [2.75, 3.05) is 11.1 Å². The van der Waals surface area contributed by atoms with Crippen LogP contribution in [0.15, 0.2) is 30.3 Å². The summed E-state index contributed by atoms with van der Waals surface area (Å²) < 4.78 is 0. The van der Waals surface area contributed by atoms with Gasteiger partial charge in [0.25, 0.3) is 5.91 Å². The molecule has 0 unspecified atom stereocenters. The van der Waals surface area contributed by atoms with Gasteiger partial charge in [-0.2, -0.15) is 0 Å². The molecule has 0 spiro atoms. The van der Waals surface area contributed by atoms with Crippen molar-refractivity contribution >= 4 is 17.3 Å². The molecule has 0 atom stereocenters. The Morgan fingerprint density at radius 1 is 0.950 bits per heavy atom. The number of anilines is 2. The Morgan fingerprint density at radius 2 is 1.65 bits per heavy atom. The topological polar surface area (TPSA) is 55.1 Å². The third kappa shape index (κ3) is 2.82. The van der Waals surface area contributed by atoms with Crippen molar-refractivity contribution < 1.29 is 4.79 Å². The molecule has 1 amide bonds.